The van der Waals surface area contributed by atoms with Gasteiger partial charge in [-0.1, -0.05) is 31.5 Å². The quantitative estimate of drug-likeness (QED) is 0.268. The molecule has 2 amide bonds. The summed E-state index contributed by atoms with van der Waals surface area (Å²) in [7, 11) is 0. The Bertz CT molecular complexity index is 789. The Kier molecular flexibility index (Phi) is 7.73. The molecule has 26 heavy (non-hydrogen) atoms. The number of carbonyl (C=O) groups excluding carboxylic acids is 1. The van der Waals surface area contributed by atoms with E-state index in [9.17, 15) is 9.70 Å². The molecule has 0 saturated heterocycles. The van der Waals surface area contributed by atoms with Crippen molar-refractivity contribution >= 4 is 47.0 Å². The highest BCUT2D eigenvalue weighted by atomic mass is 35.5. The molecule has 2 aromatic rings. The number of hydrogen-bond donors (Lipinski definition) is 4. The molecule has 1 aliphatic carbocycles. The second kappa shape index (κ2) is 10.0. The van der Waals surface area contributed by atoms with Crippen LogP contribution in [0.1, 0.15) is 32.1 Å². The second-order valence-electron chi connectivity index (χ2n) is 5.73. The van der Waals surface area contributed by atoms with Crippen molar-refractivity contribution < 1.29 is 4.79 Å². The Balaban J connectivity index is 0.000000195. The molecule has 0 aliphatic heterocycles. The number of carbonyl (C=O) groups is 1. The van der Waals surface area contributed by atoms with Gasteiger partial charge in [-0.3, -0.25) is 0 Å². The summed E-state index contributed by atoms with van der Waals surface area (Å²) in [5.74, 6) is 0.499. The second-order valence-corrected chi connectivity index (χ2v) is 6.52. The van der Waals surface area contributed by atoms with E-state index in [2.05, 4.69) is 30.5 Å². The van der Waals surface area contributed by atoms with Crippen molar-refractivity contribution in [3.8, 4) is 0 Å². The number of alkyl halides is 1. The average Bonchev–Trinajstić information content (AvgIpc) is 3.09. The van der Waals surface area contributed by atoms with Crippen LogP contribution in [0.25, 0.3) is 11.2 Å². The van der Waals surface area contributed by atoms with E-state index < -0.39 is 6.03 Å². The maximum absolute atomic E-state index is 11.5. The smallest absolute Gasteiger partial charge is 0.340 e. The SMILES string of the molecule is Nc1nc2nc[nH]c2c(=S)[nH]1.O=NN(CCCl)C(=O)NC1CCCCC1. The summed E-state index contributed by atoms with van der Waals surface area (Å²) < 4.78 is 0.532. The Hall–Kier alpha value is -2.27. The lowest BCUT2D eigenvalue weighted by atomic mass is 9.96. The number of anilines is 1. The van der Waals surface area contributed by atoms with Gasteiger partial charge in [-0.05, 0) is 12.8 Å². The molecule has 12 heteroatoms. The number of amides is 2. The van der Waals surface area contributed by atoms with Crippen molar-refractivity contribution in [2.45, 2.75) is 38.1 Å². The molecule has 1 fully saturated rings. The Labute approximate surface area is 159 Å². The zero-order chi connectivity index (χ0) is 18.9. The number of aromatic amines is 2. The van der Waals surface area contributed by atoms with Crippen molar-refractivity contribution in [2.75, 3.05) is 18.2 Å². The molecule has 10 nitrogen and oxygen atoms in total. The minimum atomic E-state index is -0.433. The van der Waals surface area contributed by atoms with Gasteiger partial charge in [0.2, 0.25) is 5.95 Å². The van der Waals surface area contributed by atoms with E-state index in [1.165, 1.54) is 12.7 Å². The van der Waals surface area contributed by atoms with Gasteiger partial charge in [-0.25, -0.2) is 9.78 Å². The number of aromatic nitrogens is 4. The number of nitroso groups, excluding NO2 is 1. The zero-order valence-electron chi connectivity index (χ0n) is 14.1. The fourth-order valence-electron chi connectivity index (χ4n) is 2.62. The molecule has 1 saturated carbocycles. The van der Waals surface area contributed by atoms with Crippen LogP contribution in [-0.4, -0.2) is 49.4 Å². The molecule has 0 radical (unpaired) electrons. The van der Waals surface area contributed by atoms with E-state index in [1.54, 1.807) is 0 Å². The molecule has 0 unspecified atom stereocenters. The molecule has 142 valence electrons. The first-order valence-electron chi connectivity index (χ1n) is 8.21. The summed E-state index contributed by atoms with van der Waals surface area (Å²) in [5, 5.41) is 6.25. The van der Waals surface area contributed by atoms with Crippen LogP contribution in [0.4, 0.5) is 10.7 Å². The number of rotatable bonds is 4. The van der Waals surface area contributed by atoms with Gasteiger partial charge in [0.15, 0.2) is 5.65 Å². The molecule has 0 bridgehead atoms. The van der Waals surface area contributed by atoms with E-state index in [0.29, 0.717) is 15.8 Å². The highest BCUT2D eigenvalue weighted by molar-refractivity contribution is 7.71. The van der Waals surface area contributed by atoms with E-state index in [0.717, 1.165) is 30.7 Å². The van der Waals surface area contributed by atoms with E-state index in [4.69, 9.17) is 29.6 Å². The molecule has 2 aromatic heterocycles. The normalized spacial score (nSPS) is 14.3. The van der Waals surface area contributed by atoms with Crippen LogP contribution in [0.5, 0.6) is 0 Å². The van der Waals surface area contributed by atoms with Crippen LogP contribution in [0.2, 0.25) is 0 Å². The third kappa shape index (κ3) is 5.63. The van der Waals surface area contributed by atoms with Gasteiger partial charge in [-0.2, -0.15) is 9.99 Å². The van der Waals surface area contributed by atoms with Crippen LogP contribution in [0.3, 0.4) is 0 Å². The summed E-state index contributed by atoms with van der Waals surface area (Å²) in [4.78, 5) is 35.2. The number of nitrogens with two attached hydrogens (primary N) is 1. The van der Waals surface area contributed by atoms with E-state index >= 15 is 0 Å². The molecule has 0 aromatic carbocycles. The lowest BCUT2D eigenvalue weighted by molar-refractivity contribution is 0.194. The first-order valence-corrected chi connectivity index (χ1v) is 9.15. The number of fused-ring (bicyclic) bond motifs is 1. The summed E-state index contributed by atoms with van der Waals surface area (Å²) in [6.07, 6.45) is 6.99. The van der Waals surface area contributed by atoms with Crippen molar-refractivity contribution in [1.82, 2.24) is 30.3 Å². The van der Waals surface area contributed by atoms with Crippen LogP contribution in [0, 0.1) is 9.55 Å². The van der Waals surface area contributed by atoms with Gasteiger partial charge < -0.3 is 21.0 Å². The Morgan fingerprint density at radius 3 is 2.85 bits per heavy atom. The molecule has 0 atom stereocenters. The third-order valence-electron chi connectivity index (χ3n) is 3.88. The van der Waals surface area contributed by atoms with Crippen LogP contribution < -0.4 is 11.1 Å². The predicted molar refractivity (Wildman–Crippen MR) is 102 cm³/mol. The summed E-state index contributed by atoms with van der Waals surface area (Å²) in [6.45, 7) is 0.156. The maximum atomic E-state index is 11.5. The molecule has 3 rings (SSSR count). The number of halogens is 1. The van der Waals surface area contributed by atoms with Gasteiger partial charge in [0.05, 0.1) is 18.2 Å². The number of hydrogen-bond acceptors (Lipinski definition) is 7. The fraction of sp³-hybridized carbons (Fsp3) is 0.571. The van der Waals surface area contributed by atoms with Crippen molar-refractivity contribution in [2.24, 2.45) is 5.29 Å². The van der Waals surface area contributed by atoms with Gasteiger partial charge in [0.1, 0.15) is 10.2 Å². The molecular weight excluding hydrogens is 380 g/mol. The van der Waals surface area contributed by atoms with Crippen molar-refractivity contribution in [3.63, 3.8) is 0 Å². The molecular formula is C14H21ClN8O2S. The summed E-state index contributed by atoms with van der Waals surface area (Å²) in [5.41, 5.74) is 6.66. The number of urea groups is 1. The molecule has 1 aliphatic rings. The first-order chi connectivity index (χ1) is 12.5. The number of H-pyrrole nitrogens is 2. The highest BCUT2D eigenvalue weighted by Gasteiger charge is 2.19. The molecule has 5 N–H and O–H groups in total. The van der Waals surface area contributed by atoms with Crippen LogP contribution in [-0.2, 0) is 0 Å². The molecule has 0 spiro atoms. The number of imidazole rings is 1. The first kappa shape index (κ1) is 20.0. The van der Waals surface area contributed by atoms with Gasteiger partial charge in [0, 0.05) is 11.9 Å². The number of nitrogen functional groups attached to an aromatic ring is 1. The van der Waals surface area contributed by atoms with E-state index in [-0.39, 0.29) is 24.4 Å². The van der Waals surface area contributed by atoms with Gasteiger partial charge >= 0.3 is 6.03 Å². The highest BCUT2D eigenvalue weighted by Crippen LogP contribution is 2.17. The van der Waals surface area contributed by atoms with Crippen molar-refractivity contribution in [3.05, 3.63) is 15.9 Å². The van der Waals surface area contributed by atoms with Gasteiger partial charge in [-0.15, -0.1) is 16.5 Å². The molecule has 2 heterocycles. The summed E-state index contributed by atoms with van der Waals surface area (Å²) >= 11 is 10.4. The third-order valence-corrected chi connectivity index (χ3v) is 4.35. The number of nitrogens with zero attached hydrogens (tertiary/aromatic N) is 4. The standard InChI is InChI=1S/C9H16ClN3O2.C5H5N5S/c10-6-7-13(12-15)9(14)11-8-4-2-1-3-5-8;6-5-9-3-2(4(11)10-5)7-1-8-3/h8H,1-7H2,(H,11,14);1H,(H4,6,7,8,9,10,11). The van der Waals surface area contributed by atoms with Crippen LogP contribution in [0.15, 0.2) is 11.6 Å². The Morgan fingerprint density at radius 1 is 1.46 bits per heavy atom. The zero-order valence-corrected chi connectivity index (χ0v) is 15.6. The predicted octanol–water partition coefficient (Wildman–Crippen LogP) is 2.85. The monoisotopic (exact) mass is 400 g/mol. The minimum Gasteiger partial charge on any atom is -0.369 e. The lowest BCUT2D eigenvalue weighted by Crippen LogP contribution is -2.43. The topological polar surface area (TPSA) is 145 Å². The minimum absolute atomic E-state index is 0.156. The summed E-state index contributed by atoms with van der Waals surface area (Å²) in [6, 6.07) is -0.247. The van der Waals surface area contributed by atoms with Crippen molar-refractivity contribution in [1.29, 1.82) is 0 Å². The maximum Gasteiger partial charge on any atom is 0.340 e. The van der Waals surface area contributed by atoms with Crippen LogP contribution >= 0.6 is 23.8 Å². The lowest BCUT2D eigenvalue weighted by Gasteiger charge is -2.24. The number of nitrogens with one attached hydrogen (secondary N) is 3. The Morgan fingerprint density at radius 2 is 2.19 bits per heavy atom. The fourth-order valence-corrected chi connectivity index (χ4v) is 3.03. The average molecular weight is 401 g/mol. The largest absolute Gasteiger partial charge is 0.369 e. The van der Waals surface area contributed by atoms with E-state index in [1.807, 2.05) is 0 Å². The van der Waals surface area contributed by atoms with Gasteiger partial charge in [0.25, 0.3) is 0 Å².